The number of fused-ring (bicyclic) bond motifs is 1. The maximum absolute atomic E-state index is 12.4. The van der Waals surface area contributed by atoms with Crippen LogP contribution in [-0.4, -0.2) is 65.9 Å². The van der Waals surface area contributed by atoms with Crippen molar-refractivity contribution in [2.75, 3.05) is 25.0 Å². The van der Waals surface area contributed by atoms with Crippen molar-refractivity contribution in [3.8, 4) is 5.88 Å². The van der Waals surface area contributed by atoms with Gasteiger partial charge in [-0.05, 0) is 86.4 Å². The minimum absolute atomic E-state index is 0.230. The van der Waals surface area contributed by atoms with Gasteiger partial charge in [0.25, 0.3) is 0 Å². The van der Waals surface area contributed by atoms with Crippen molar-refractivity contribution in [2.45, 2.75) is 39.2 Å². The molecule has 3 aromatic heterocycles. The van der Waals surface area contributed by atoms with E-state index >= 15 is 0 Å². The average molecular weight is 659 g/mol. The number of benzene rings is 1. The lowest BCUT2D eigenvalue weighted by Gasteiger charge is -2.32. The minimum atomic E-state index is -0.519. The van der Waals surface area contributed by atoms with Gasteiger partial charge in [-0.15, -0.1) is 0 Å². The van der Waals surface area contributed by atoms with Gasteiger partial charge < -0.3 is 25.0 Å². The highest BCUT2D eigenvalue weighted by molar-refractivity contribution is 14.1. The Labute approximate surface area is 243 Å². The van der Waals surface area contributed by atoms with E-state index in [9.17, 15) is 14.7 Å². The molecule has 1 saturated heterocycles. The van der Waals surface area contributed by atoms with Gasteiger partial charge in [0.1, 0.15) is 17.1 Å². The second-order valence-electron chi connectivity index (χ2n) is 10.7. The van der Waals surface area contributed by atoms with Crippen LogP contribution in [0.2, 0.25) is 0 Å². The first-order valence-corrected chi connectivity index (χ1v) is 14.0. The fourth-order valence-electron chi connectivity index (χ4n) is 4.45. The minimum Gasteiger partial charge on any atom is -0.493 e. The summed E-state index contributed by atoms with van der Waals surface area (Å²) in [4.78, 5) is 40.3. The van der Waals surface area contributed by atoms with Crippen LogP contribution in [0.5, 0.6) is 5.88 Å². The third kappa shape index (κ3) is 6.63. The summed E-state index contributed by atoms with van der Waals surface area (Å²) < 4.78 is 8.23. The highest BCUT2D eigenvalue weighted by Gasteiger charge is 2.26. The van der Waals surface area contributed by atoms with E-state index < -0.39 is 11.3 Å². The number of hydrogen-bond donors (Lipinski definition) is 4. The normalized spacial score (nSPS) is 15.7. The van der Waals surface area contributed by atoms with Crippen molar-refractivity contribution in [1.82, 2.24) is 29.5 Å². The van der Waals surface area contributed by atoms with Crippen molar-refractivity contribution in [3.63, 3.8) is 0 Å². The number of halogens is 1. The molecule has 0 aliphatic carbocycles. The Kier molecular flexibility index (Phi) is 7.83. The number of aromatic nitrogens is 5. The number of nitrogens with zero attached hydrogens (tertiary/aromatic N) is 5. The predicted molar refractivity (Wildman–Crippen MR) is 158 cm³/mol. The fraction of sp³-hybridized carbons (Fsp3) is 0.370. The smallest absolute Gasteiger partial charge is 0.410 e. The summed E-state index contributed by atoms with van der Waals surface area (Å²) in [6.07, 6.45) is 4.58. The van der Waals surface area contributed by atoms with Crippen molar-refractivity contribution in [2.24, 2.45) is 10.9 Å². The number of imidazole rings is 1. The zero-order valence-corrected chi connectivity index (χ0v) is 24.6. The molecule has 0 unspecified atom stereocenters. The number of likely N-dealkylation sites (tertiary alicyclic amines) is 1. The molecule has 5 rings (SSSR count). The number of amides is 1. The number of hydrogen-bond acceptors (Lipinski definition) is 8. The van der Waals surface area contributed by atoms with Crippen LogP contribution in [0.1, 0.15) is 39.3 Å². The first-order chi connectivity index (χ1) is 19.0. The van der Waals surface area contributed by atoms with Gasteiger partial charge in [0, 0.05) is 40.2 Å². The molecule has 4 aromatic rings. The summed E-state index contributed by atoms with van der Waals surface area (Å²) in [6, 6.07) is 9.77. The van der Waals surface area contributed by atoms with E-state index in [2.05, 4.69) is 43.0 Å². The second kappa shape index (κ2) is 11.3. The molecule has 13 heteroatoms. The number of carbonyl (C=O) groups is 1. The zero-order valence-electron chi connectivity index (χ0n) is 22.4. The first-order valence-electron chi connectivity index (χ1n) is 13.0. The molecule has 4 N–H and O–H groups in total. The standard InChI is InChI=1S/C27H31IN8O4/c1-27(2,3)40-26(39)35-9-7-16(8-10-35)14-29-22-13-21(31-19-6-4-5-18(28)12-19)33-23-17(15-30-36(22)23)11-20-24(37)34-25(38)32-20/h4-6,11-13,15-16,31,37H,7-10,14H2,1-3H3,(H2,32,34,38). The quantitative estimate of drug-likeness (QED) is 0.241. The number of anilines is 2. The molecule has 1 aliphatic rings. The van der Waals surface area contributed by atoms with Crippen molar-refractivity contribution in [1.29, 1.82) is 0 Å². The highest BCUT2D eigenvalue weighted by Crippen LogP contribution is 2.20. The first kappa shape index (κ1) is 27.7. The van der Waals surface area contributed by atoms with Crippen LogP contribution < -0.4 is 21.7 Å². The molecule has 1 aliphatic heterocycles. The van der Waals surface area contributed by atoms with Crippen LogP contribution in [-0.2, 0) is 4.74 Å². The molecule has 1 amide bonds. The highest BCUT2D eigenvalue weighted by atomic mass is 127. The molecule has 0 bridgehead atoms. The number of nitrogens with one attached hydrogen (secondary N) is 3. The van der Waals surface area contributed by atoms with E-state index in [1.165, 1.54) is 0 Å². The van der Waals surface area contributed by atoms with E-state index in [-0.39, 0.29) is 17.7 Å². The molecule has 0 radical (unpaired) electrons. The summed E-state index contributed by atoms with van der Waals surface area (Å²) in [5, 5.41) is 18.5. The van der Waals surface area contributed by atoms with Gasteiger partial charge in [0.15, 0.2) is 11.1 Å². The van der Waals surface area contributed by atoms with Crippen molar-refractivity contribution >= 4 is 51.9 Å². The van der Waals surface area contributed by atoms with Crippen LogP contribution in [0.4, 0.5) is 16.3 Å². The number of carbonyl (C=O) groups excluding carboxylic acids is 1. The van der Waals surface area contributed by atoms with E-state index in [0.29, 0.717) is 47.7 Å². The van der Waals surface area contributed by atoms with Crippen LogP contribution >= 0.6 is 22.6 Å². The molecule has 210 valence electrons. The van der Waals surface area contributed by atoms with Gasteiger partial charge in [-0.3, -0.25) is 9.98 Å². The fourth-order valence-corrected chi connectivity index (χ4v) is 4.99. The molecule has 0 spiro atoms. The lowest BCUT2D eigenvalue weighted by Crippen LogP contribution is -2.42. The lowest BCUT2D eigenvalue weighted by molar-refractivity contribution is 0.0186. The Morgan fingerprint density at radius 1 is 1.27 bits per heavy atom. The lowest BCUT2D eigenvalue weighted by atomic mass is 9.97. The van der Waals surface area contributed by atoms with Gasteiger partial charge in [-0.1, -0.05) is 6.07 Å². The summed E-state index contributed by atoms with van der Waals surface area (Å²) in [5.41, 5.74) is 1.20. The van der Waals surface area contributed by atoms with E-state index in [1.807, 2.05) is 51.1 Å². The van der Waals surface area contributed by atoms with Crippen LogP contribution in [0, 0.1) is 9.49 Å². The van der Waals surface area contributed by atoms with Gasteiger partial charge in [0.2, 0.25) is 5.88 Å². The second-order valence-corrected chi connectivity index (χ2v) is 12.0. The Bertz CT molecular complexity index is 1710. The molecule has 0 atom stereocenters. The monoisotopic (exact) mass is 658 g/mol. The molecular formula is C27H31IN8O4. The zero-order chi connectivity index (χ0) is 28.4. The molecule has 1 fully saturated rings. The number of piperidine rings is 1. The largest absolute Gasteiger partial charge is 0.493 e. The van der Waals surface area contributed by atoms with E-state index in [0.717, 1.165) is 22.1 Å². The van der Waals surface area contributed by atoms with Gasteiger partial charge in [-0.25, -0.2) is 14.6 Å². The van der Waals surface area contributed by atoms with Gasteiger partial charge in [0.05, 0.1) is 6.20 Å². The molecule has 0 saturated carbocycles. The number of aromatic hydroxyl groups is 1. The van der Waals surface area contributed by atoms with Crippen LogP contribution in [0.15, 0.2) is 46.3 Å². The summed E-state index contributed by atoms with van der Waals surface area (Å²) in [5.74, 6) is 0.618. The average Bonchev–Trinajstić information content (AvgIpc) is 3.43. The maximum atomic E-state index is 12.4. The third-order valence-electron chi connectivity index (χ3n) is 6.39. The Morgan fingerprint density at radius 3 is 2.73 bits per heavy atom. The van der Waals surface area contributed by atoms with Gasteiger partial charge >= 0.3 is 11.8 Å². The molecule has 40 heavy (non-hydrogen) atoms. The number of aromatic amines is 2. The molecular weight excluding hydrogens is 627 g/mol. The SMILES string of the molecule is CC(C)(C)OC(=O)N1CCC(CN=c2cc(Nc3cccc(I)c3)nc3c(=Cc4[nH]c(=O)[nH]c4O)cnn23)CC1. The van der Waals surface area contributed by atoms with Crippen molar-refractivity contribution < 1.29 is 14.6 Å². The predicted octanol–water partition coefficient (Wildman–Crippen LogP) is 2.89. The Hall–Kier alpha value is -3.88. The van der Waals surface area contributed by atoms with E-state index in [4.69, 9.17) is 14.7 Å². The summed E-state index contributed by atoms with van der Waals surface area (Å²) in [6.45, 7) is 7.42. The molecule has 12 nitrogen and oxygen atoms in total. The summed E-state index contributed by atoms with van der Waals surface area (Å²) in [7, 11) is 0. The van der Waals surface area contributed by atoms with E-state index in [1.54, 1.807) is 21.7 Å². The topological polar surface area (TPSA) is 153 Å². The van der Waals surface area contributed by atoms with Gasteiger partial charge in [-0.2, -0.15) is 9.61 Å². The molecule has 1 aromatic carbocycles. The van der Waals surface area contributed by atoms with Crippen LogP contribution in [0.25, 0.3) is 11.7 Å². The van der Waals surface area contributed by atoms with Crippen LogP contribution in [0.3, 0.4) is 0 Å². The number of H-pyrrole nitrogens is 2. The molecule has 4 heterocycles. The summed E-state index contributed by atoms with van der Waals surface area (Å²) >= 11 is 2.25. The number of rotatable bonds is 5. The Balaban J connectivity index is 1.44. The Morgan fingerprint density at radius 2 is 2.05 bits per heavy atom. The maximum Gasteiger partial charge on any atom is 0.410 e. The van der Waals surface area contributed by atoms with Crippen molar-refractivity contribution in [3.05, 3.63) is 67.0 Å². The third-order valence-corrected chi connectivity index (χ3v) is 7.06. The number of ether oxygens (including phenoxy) is 1.